The fourth-order valence-corrected chi connectivity index (χ4v) is 5.26. The van der Waals surface area contributed by atoms with Gasteiger partial charge in [-0.25, -0.2) is 0 Å². The Kier molecular flexibility index (Phi) is 8.91. The molecule has 7 nitrogen and oxygen atoms in total. The molecule has 3 rings (SSSR count). The Labute approximate surface area is 196 Å². The number of halogens is 2. The van der Waals surface area contributed by atoms with Crippen LogP contribution in [-0.4, -0.2) is 81.3 Å². The van der Waals surface area contributed by atoms with Crippen molar-refractivity contribution in [2.24, 2.45) is 0 Å². The molecule has 5 N–H and O–H groups in total. The van der Waals surface area contributed by atoms with Crippen molar-refractivity contribution in [2.75, 3.05) is 12.8 Å². The number of amides is 1. The zero-order valence-corrected chi connectivity index (χ0v) is 19.8. The molecule has 0 aromatic heterocycles. The third kappa shape index (κ3) is 5.86. The van der Waals surface area contributed by atoms with E-state index in [4.69, 9.17) is 27.9 Å². The molecule has 2 aliphatic heterocycles. The number of carbonyl (C=O) groups excluding carboxylic acids is 1. The zero-order valence-electron chi connectivity index (χ0n) is 17.4. The van der Waals surface area contributed by atoms with E-state index in [1.165, 1.54) is 11.8 Å². The van der Waals surface area contributed by atoms with E-state index in [0.29, 0.717) is 18.0 Å². The summed E-state index contributed by atoms with van der Waals surface area (Å²) in [4.78, 5) is 13.1. The highest BCUT2D eigenvalue weighted by atomic mass is 35.5. The van der Waals surface area contributed by atoms with E-state index in [1.807, 2.05) is 24.3 Å². The van der Waals surface area contributed by atoms with Gasteiger partial charge in [-0.2, -0.15) is 0 Å². The first-order valence-corrected chi connectivity index (χ1v) is 12.5. The summed E-state index contributed by atoms with van der Waals surface area (Å²) in [5.41, 5.74) is 0.400. The number of thioether (sulfide) groups is 1. The van der Waals surface area contributed by atoms with Crippen molar-refractivity contribution < 1.29 is 24.9 Å². The van der Waals surface area contributed by atoms with Gasteiger partial charge in [0.1, 0.15) is 29.9 Å². The summed E-state index contributed by atoms with van der Waals surface area (Å²) in [6.45, 7) is 2.38. The minimum absolute atomic E-state index is 0.218. The van der Waals surface area contributed by atoms with Crippen LogP contribution in [0.1, 0.15) is 31.2 Å². The fourth-order valence-electron chi connectivity index (χ4n) is 4.24. The number of piperidine rings is 1. The van der Waals surface area contributed by atoms with Crippen LogP contribution in [0.15, 0.2) is 24.3 Å². The quantitative estimate of drug-likeness (QED) is 0.382. The molecular weight excluding hydrogens is 463 g/mol. The van der Waals surface area contributed by atoms with Crippen LogP contribution in [0, 0.1) is 0 Å². The van der Waals surface area contributed by atoms with E-state index >= 15 is 0 Å². The molecule has 1 unspecified atom stereocenters. The second-order valence-corrected chi connectivity index (χ2v) is 10.2. The van der Waals surface area contributed by atoms with Crippen LogP contribution < -0.4 is 10.6 Å². The molecule has 9 atom stereocenters. The highest BCUT2D eigenvalue weighted by Crippen LogP contribution is 2.31. The van der Waals surface area contributed by atoms with Gasteiger partial charge < -0.3 is 30.7 Å². The van der Waals surface area contributed by atoms with E-state index in [9.17, 15) is 20.1 Å². The maximum absolute atomic E-state index is 13.1. The molecule has 0 aliphatic carbocycles. The number of carbonyl (C=O) groups is 1. The highest BCUT2D eigenvalue weighted by molar-refractivity contribution is 7.99. The second kappa shape index (κ2) is 11.0. The normalized spacial score (nSPS) is 35.9. The minimum Gasteiger partial charge on any atom is -0.388 e. The average molecular weight is 493 g/mol. The van der Waals surface area contributed by atoms with Gasteiger partial charge in [0, 0.05) is 5.02 Å². The van der Waals surface area contributed by atoms with Gasteiger partial charge in [0.2, 0.25) is 5.91 Å². The number of benzene rings is 1. The third-order valence-electron chi connectivity index (χ3n) is 6.06. The molecule has 2 fully saturated rings. The van der Waals surface area contributed by atoms with Crippen LogP contribution >= 0.6 is 35.0 Å². The molecule has 10 heteroatoms. The standard InChI is InChI=1S/C21H30Cl2N2O5S/c1-10(22)15(19-17(27)16(26)18(28)21(30-19)31-2)25-20(29)14-9-12(7-8-24-14)11-3-5-13(23)6-4-11/h3-6,10,12,14-19,21,24,26-28H,7-9H2,1-2H3,(H,25,29)/t10-,12+,14-,15?,16-,17+,18+,19+,21+/m0/s1. The molecule has 1 aromatic rings. The van der Waals surface area contributed by atoms with Gasteiger partial charge in [0.05, 0.1) is 17.5 Å². The molecule has 0 radical (unpaired) electrons. The highest BCUT2D eigenvalue weighted by Gasteiger charge is 2.48. The first-order chi connectivity index (χ1) is 14.7. The molecule has 2 heterocycles. The Morgan fingerprint density at radius 3 is 2.52 bits per heavy atom. The van der Waals surface area contributed by atoms with Gasteiger partial charge in [0.15, 0.2) is 0 Å². The van der Waals surface area contributed by atoms with E-state index in [1.54, 1.807) is 13.2 Å². The average Bonchev–Trinajstić information content (AvgIpc) is 2.77. The first kappa shape index (κ1) is 25.1. The predicted octanol–water partition coefficient (Wildman–Crippen LogP) is 1.46. The maximum atomic E-state index is 13.1. The Morgan fingerprint density at radius 1 is 1.23 bits per heavy atom. The van der Waals surface area contributed by atoms with Crippen LogP contribution in [0.3, 0.4) is 0 Å². The van der Waals surface area contributed by atoms with Crippen LogP contribution in [0.2, 0.25) is 5.02 Å². The van der Waals surface area contributed by atoms with Crippen LogP contribution in [-0.2, 0) is 9.53 Å². The van der Waals surface area contributed by atoms with Gasteiger partial charge in [-0.1, -0.05) is 23.7 Å². The molecule has 0 saturated carbocycles. The lowest BCUT2D eigenvalue weighted by molar-refractivity contribution is -0.205. The predicted molar refractivity (Wildman–Crippen MR) is 123 cm³/mol. The molecule has 0 spiro atoms. The summed E-state index contributed by atoms with van der Waals surface area (Å²) in [6.07, 6.45) is -1.72. The number of hydrogen-bond acceptors (Lipinski definition) is 7. The number of aliphatic hydroxyl groups excluding tert-OH is 3. The van der Waals surface area contributed by atoms with Crippen molar-refractivity contribution in [1.29, 1.82) is 0 Å². The van der Waals surface area contributed by atoms with Crippen molar-refractivity contribution in [2.45, 2.75) is 73.0 Å². The maximum Gasteiger partial charge on any atom is 0.237 e. The van der Waals surface area contributed by atoms with Gasteiger partial charge >= 0.3 is 0 Å². The minimum atomic E-state index is -1.40. The molecule has 2 aliphatic rings. The van der Waals surface area contributed by atoms with E-state index < -0.39 is 47.3 Å². The lowest BCUT2D eigenvalue weighted by atomic mass is 9.86. The van der Waals surface area contributed by atoms with Gasteiger partial charge in [-0.15, -0.1) is 23.4 Å². The molecule has 2 saturated heterocycles. The molecule has 1 amide bonds. The summed E-state index contributed by atoms with van der Waals surface area (Å²) < 4.78 is 5.81. The van der Waals surface area contributed by atoms with Gasteiger partial charge in [0.25, 0.3) is 0 Å². The molecule has 31 heavy (non-hydrogen) atoms. The van der Waals surface area contributed by atoms with Gasteiger partial charge in [-0.3, -0.25) is 4.79 Å². The van der Waals surface area contributed by atoms with Crippen LogP contribution in [0.25, 0.3) is 0 Å². The number of aliphatic hydroxyl groups is 3. The number of rotatable bonds is 6. The summed E-state index contributed by atoms with van der Waals surface area (Å²) in [5.74, 6) is -0.0243. The Morgan fingerprint density at radius 2 is 1.90 bits per heavy atom. The lowest BCUT2D eigenvalue weighted by Crippen LogP contribution is -2.65. The monoisotopic (exact) mass is 492 g/mol. The van der Waals surface area contributed by atoms with E-state index in [0.717, 1.165) is 12.0 Å². The Bertz CT molecular complexity index is 739. The number of ether oxygens (including phenoxy) is 1. The number of alkyl halides is 1. The van der Waals surface area contributed by atoms with Crippen molar-refractivity contribution in [3.05, 3.63) is 34.9 Å². The number of nitrogens with one attached hydrogen (secondary N) is 2. The summed E-state index contributed by atoms with van der Waals surface area (Å²) in [5, 5.41) is 37.1. The fraction of sp³-hybridized carbons (Fsp3) is 0.667. The zero-order chi connectivity index (χ0) is 22.7. The Balaban J connectivity index is 1.69. The van der Waals surface area contributed by atoms with Crippen LogP contribution in [0.5, 0.6) is 0 Å². The second-order valence-electron chi connectivity index (χ2n) is 8.17. The largest absolute Gasteiger partial charge is 0.388 e. The molecule has 1 aromatic carbocycles. The summed E-state index contributed by atoms with van der Waals surface area (Å²) >= 11 is 13.6. The first-order valence-electron chi connectivity index (χ1n) is 10.4. The third-order valence-corrected chi connectivity index (χ3v) is 7.44. The van der Waals surface area contributed by atoms with E-state index in [-0.39, 0.29) is 11.8 Å². The molecule has 174 valence electrons. The van der Waals surface area contributed by atoms with Crippen molar-refractivity contribution in [1.82, 2.24) is 10.6 Å². The van der Waals surface area contributed by atoms with Crippen molar-refractivity contribution in [3.63, 3.8) is 0 Å². The topological polar surface area (TPSA) is 111 Å². The molecular formula is C21H30Cl2N2O5S. The SMILES string of the molecule is CS[C@H]1O[C@H](C(NC(=O)[C@@H]2C[C@H](c3ccc(Cl)cc3)CCN2)[C@H](C)Cl)[C@H](O)[C@H](O)[C@H]1O. The van der Waals surface area contributed by atoms with Crippen molar-refractivity contribution >= 4 is 40.9 Å². The Hall–Kier alpha value is -0.580. The number of hydrogen-bond donors (Lipinski definition) is 5. The molecule has 0 bridgehead atoms. The lowest BCUT2D eigenvalue weighted by Gasteiger charge is -2.44. The summed E-state index contributed by atoms with van der Waals surface area (Å²) in [7, 11) is 0. The van der Waals surface area contributed by atoms with Crippen molar-refractivity contribution in [3.8, 4) is 0 Å². The van der Waals surface area contributed by atoms with E-state index in [2.05, 4.69) is 10.6 Å². The van der Waals surface area contributed by atoms with Crippen LogP contribution in [0.4, 0.5) is 0 Å². The van der Waals surface area contributed by atoms with Gasteiger partial charge in [-0.05, 0) is 56.2 Å². The smallest absolute Gasteiger partial charge is 0.237 e. The summed E-state index contributed by atoms with van der Waals surface area (Å²) in [6, 6.07) is 6.49.